The van der Waals surface area contributed by atoms with Crippen molar-refractivity contribution < 1.29 is 4.74 Å². The zero-order valence-corrected chi connectivity index (χ0v) is 11.0. The molecule has 0 aliphatic carbocycles. The minimum atomic E-state index is 0.669. The summed E-state index contributed by atoms with van der Waals surface area (Å²) in [6.45, 7) is 3.32. The lowest BCUT2D eigenvalue weighted by atomic mass is 10.3. The number of thiocarbonyl (C=S) groups is 1. The number of aryl methyl sites for hydroxylation is 1. The van der Waals surface area contributed by atoms with Crippen molar-refractivity contribution in [3.63, 3.8) is 0 Å². The maximum absolute atomic E-state index is 5.10. The van der Waals surface area contributed by atoms with Gasteiger partial charge in [-0.05, 0) is 25.1 Å². The maximum Gasteiger partial charge on any atom is 0.166 e. The molecule has 0 saturated carbocycles. The Morgan fingerprint density at radius 2 is 2.18 bits per heavy atom. The summed E-state index contributed by atoms with van der Waals surface area (Å²) in [6.07, 6.45) is 7.82. The topological polar surface area (TPSA) is 51.1 Å². The van der Waals surface area contributed by atoms with Gasteiger partial charge in [-0.15, -0.1) is 0 Å². The summed E-state index contributed by atoms with van der Waals surface area (Å²) in [5, 5.41) is 6.93. The Morgan fingerprint density at radius 3 is 2.88 bits per heavy atom. The highest BCUT2D eigenvalue weighted by Crippen LogP contribution is 1.93. The molecule has 0 amide bonds. The van der Waals surface area contributed by atoms with E-state index in [1.54, 1.807) is 13.3 Å². The van der Waals surface area contributed by atoms with E-state index in [1.807, 2.05) is 12.5 Å². The van der Waals surface area contributed by atoms with Crippen LogP contribution in [0.2, 0.25) is 0 Å². The van der Waals surface area contributed by atoms with Crippen LogP contribution >= 0.6 is 12.2 Å². The predicted octanol–water partition coefficient (Wildman–Crippen LogP) is 0.774. The van der Waals surface area contributed by atoms with Crippen LogP contribution in [0.15, 0.2) is 18.7 Å². The Labute approximate surface area is 108 Å². The van der Waals surface area contributed by atoms with Gasteiger partial charge in [-0.3, -0.25) is 0 Å². The number of ether oxygens (including phenoxy) is 1. The SMILES string of the molecule is COCCNC(=S)NCCCCn1ccnc1. The number of nitrogens with zero attached hydrogens (tertiary/aromatic N) is 2. The average Bonchev–Trinajstić information content (AvgIpc) is 2.82. The zero-order chi connectivity index (χ0) is 12.3. The number of imidazole rings is 1. The number of methoxy groups -OCH3 is 1. The standard InChI is InChI=1S/C11H20N4OS/c1-16-9-6-14-11(17)13-4-2-3-7-15-8-5-12-10-15/h5,8,10H,2-4,6-7,9H2,1H3,(H2,13,14,17). The molecule has 17 heavy (non-hydrogen) atoms. The fraction of sp³-hybridized carbons (Fsp3) is 0.636. The summed E-state index contributed by atoms with van der Waals surface area (Å²) in [5.74, 6) is 0. The Kier molecular flexibility index (Phi) is 7.33. The van der Waals surface area contributed by atoms with E-state index in [-0.39, 0.29) is 0 Å². The number of aromatic nitrogens is 2. The van der Waals surface area contributed by atoms with Crippen molar-refractivity contribution in [3.8, 4) is 0 Å². The first kappa shape index (κ1) is 13.9. The molecule has 0 unspecified atom stereocenters. The minimum absolute atomic E-state index is 0.669. The molecule has 1 aromatic heterocycles. The van der Waals surface area contributed by atoms with Gasteiger partial charge in [-0.2, -0.15) is 0 Å². The first-order valence-corrected chi connectivity index (χ1v) is 6.20. The van der Waals surface area contributed by atoms with Gasteiger partial charge in [-0.25, -0.2) is 4.98 Å². The summed E-state index contributed by atoms with van der Waals surface area (Å²) in [4.78, 5) is 4.00. The zero-order valence-electron chi connectivity index (χ0n) is 10.2. The van der Waals surface area contributed by atoms with Gasteiger partial charge in [0.2, 0.25) is 0 Å². The van der Waals surface area contributed by atoms with E-state index in [0.717, 1.165) is 32.5 Å². The van der Waals surface area contributed by atoms with Crippen LogP contribution in [-0.4, -0.2) is 41.5 Å². The van der Waals surface area contributed by atoms with Crippen LogP contribution in [0.3, 0.4) is 0 Å². The fourth-order valence-corrected chi connectivity index (χ4v) is 1.57. The average molecular weight is 256 g/mol. The number of nitrogens with one attached hydrogen (secondary N) is 2. The van der Waals surface area contributed by atoms with Gasteiger partial charge in [0.1, 0.15) is 0 Å². The lowest BCUT2D eigenvalue weighted by Crippen LogP contribution is -2.37. The molecule has 0 fully saturated rings. The molecule has 5 nitrogen and oxygen atoms in total. The summed E-state index contributed by atoms with van der Waals surface area (Å²) >= 11 is 5.10. The fourth-order valence-electron chi connectivity index (χ4n) is 1.37. The Bertz CT molecular complexity index is 302. The Balaban J connectivity index is 1.91. The second kappa shape index (κ2) is 8.95. The van der Waals surface area contributed by atoms with Gasteiger partial charge in [0.25, 0.3) is 0 Å². The quantitative estimate of drug-likeness (QED) is 0.531. The molecule has 1 heterocycles. The smallest absolute Gasteiger partial charge is 0.166 e. The van der Waals surface area contributed by atoms with E-state index < -0.39 is 0 Å². The maximum atomic E-state index is 5.10. The number of unbranched alkanes of at least 4 members (excludes halogenated alkanes) is 1. The molecule has 0 aliphatic rings. The Morgan fingerprint density at radius 1 is 1.35 bits per heavy atom. The molecule has 0 aliphatic heterocycles. The van der Waals surface area contributed by atoms with E-state index in [2.05, 4.69) is 20.2 Å². The molecule has 0 bridgehead atoms. The molecule has 6 heteroatoms. The highest BCUT2D eigenvalue weighted by molar-refractivity contribution is 7.80. The normalized spacial score (nSPS) is 10.2. The third kappa shape index (κ3) is 6.91. The van der Waals surface area contributed by atoms with E-state index >= 15 is 0 Å². The van der Waals surface area contributed by atoms with Crippen molar-refractivity contribution >= 4 is 17.3 Å². The van der Waals surface area contributed by atoms with Crippen LogP contribution in [0, 0.1) is 0 Å². The molecular weight excluding hydrogens is 236 g/mol. The molecule has 96 valence electrons. The van der Waals surface area contributed by atoms with Gasteiger partial charge in [-0.1, -0.05) is 0 Å². The van der Waals surface area contributed by atoms with Gasteiger partial charge >= 0.3 is 0 Å². The van der Waals surface area contributed by atoms with Crippen LogP contribution in [0.25, 0.3) is 0 Å². The van der Waals surface area contributed by atoms with E-state index in [4.69, 9.17) is 17.0 Å². The van der Waals surface area contributed by atoms with Gasteiger partial charge in [0.15, 0.2) is 5.11 Å². The van der Waals surface area contributed by atoms with Crippen LogP contribution in [0.4, 0.5) is 0 Å². The molecule has 0 radical (unpaired) electrons. The summed E-state index contributed by atoms with van der Waals surface area (Å²) in [7, 11) is 1.67. The molecule has 1 rings (SSSR count). The van der Waals surface area contributed by atoms with E-state index in [1.165, 1.54) is 0 Å². The van der Waals surface area contributed by atoms with Crippen LogP contribution in [0.1, 0.15) is 12.8 Å². The molecule has 0 spiro atoms. The first-order valence-electron chi connectivity index (χ1n) is 5.79. The summed E-state index contributed by atoms with van der Waals surface area (Å²) < 4.78 is 7.00. The molecule has 0 aromatic carbocycles. The second-order valence-electron chi connectivity index (χ2n) is 3.68. The monoisotopic (exact) mass is 256 g/mol. The number of hydrogen-bond donors (Lipinski definition) is 2. The van der Waals surface area contributed by atoms with Crippen LogP contribution in [0.5, 0.6) is 0 Å². The first-order chi connectivity index (χ1) is 8.33. The molecule has 0 atom stereocenters. The summed E-state index contributed by atoms with van der Waals surface area (Å²) in [5.41, 5.74) is 0. The Hall–Kier alpha value is -1.14. The largest absolute Gasteiger partial charge is 0.383 e. The lowest BCUT2D eigenvalue weighted by Gasteiger charge is -2.09. The molecule has 1 aromatic rings. The third-order valence-electron chi connectivity index (χ3n) is 2.28. The van der Waals surface area contributed by atoms with Crippen molar-refractivity contribution in [2.75, 3.05) is 26.8 Å². The van der Waals surface area contributed by atoms with Crippen molar-refractivity contribution in [3.05, 3.63) is 18.7 Å². The number of rotatable bonds is 8. The molecular formula is C11H20N4OS. The third-order valence-corrected chi connectivity index (χ3v) is 2.57. The van der Waals surface area contributed by atoms with Crippen molar-refractivity contribution in [1.82, 2.24) is 20.2 Å². The van der Waals surface area contributed by atoms with Gasteiger partial charge in [0, 0.05) is 39.1 Å². The predicted molar refractivity (Wildman–Crippen MR) is 71.9 cm³/mol. The lowest BCUT2D eigenvalue weighted by molar-refractivity contribution is 0.204. The van der Waals surface area contributed by atoms with Crippen molar-refractivity contribution in [2.45, 2.75) is 19.4 Å². The van der Waals surface area contributed by atoms with E-state index in [0.29, 0.717) is 11.7 Å². The van der Waals surface area contributed by atoms with Crippen LogP contribution in [-0.2, 0) is 11.3 Å². The summed E-state index contributed by atoms with van der Waals surface area (Å²) in [6, 6.07) is 0. The second-order valence-corrected chi connectivity index (χ2v) is 4.09. The van der Waals surface area contributed by atoms with E-state index in [9.17, 15) is 0 Å². The van der Waals surface area contributed by atoms with Crippen molar-refractivity contribution in [1.29, 1.82) is 0 Å². The minimum Gasteiger partial charge on any atom is -0.383 e. The molecule has 0 saturated heterocycles. The van der Waals surface area contributed by atoms with Gasteiger partial charge in [0.05, 0.1) is 12.9 Å². The highest BCUT2D eigenvalue weighted by atomic mass is 32.1. The molecule has 2 N–H and O–H groups in total. The van der Waals surface area contributed by atoms with Crippen LogP contribution < -0.4 is 10.6 Å². The highest BCUT2D eigenvalue weighted by Gasteiger charge is 1.94. The number of hydrogen-bond acceptors (Lipinski definition) is 3. The van der Waals surface area contributed by atoms with Crippen molar-refractivity contribution in [2.24, 2.45) is 0 Å². The van der Waals surface area contributed by atoms with Gasteiger partial charge < -0.3 is 19.9 Å².